The van der Waals surface area contributed by atoms with Crippen molar-refractivity contribution in [3.05, 3.63) is 0 Å². The molecule has 0 saturated carbocycles. The lowest BCUT2D eigenvalue weighted by Crippen LogP contribution is -2.51. The van der Waals surface area contributed by atoms with Crippen molar-refractivity contribution in [1.29, 1.82) is 0 Å². The Morgan fingerprint density at radius 3 is 2.83 bits per heavy atom. The molecule has 3 fully saturated rings. The summed E-state index contributed by atoms with van der Waals surface area (Å²) in [7, 11) is 0. The van der Waals surface area contributed by atoms with E-state index >= 15 is 0 Å². The van der Waals surface area contributed by atoms with Crippen LogP contribution in [0.4, 0.5) is 0 Å². The van der Waals surface area contributed by atoms with Crippen molar-refractivity contribution >= 4 is 11.8 Å². The smallest absolute Gasteiger partial charge is 0.225 e. The van der Waals surface area contributed by atoms with Gasteiger partial charge in [-0.2, -0.15) is 0 Å². The molecule has 1 N–H and O–H groups in total. The monoisotopic (exact) mass is 337 g/mol. The molecule has 0 aliphatic carbocycles. The van der Waals surface area contributed by atoms with Gasteiger partial charge in [0.2, 0.25) is 11.8 Å². The maximum absolute atomic E-state index is 12.6. The number of hydrogen-bond acceptors (Lipinski definition) is 4. The second-order valence-corrected chi connectivity index (χ2v) is 7.79. The fraction of sp³-hybridized carbons (Fsp3) is 0.889. The molecular weight excluding hydrogens is 306 g/mol. The van der Waals surface area contributed by atoms with Gasteiger partial charge in [0.05, 0.1) is 5.92 Å². The minimum atomic E-state index is -0.200. The first-order chi connectivity index (χ1) is 11.5. The highest BCUT2D eigenvalue weighted by Gasteiger charge is 2.39. The number of likely N-dealkylation sites (N-methyl/N-ethyl adjacent to an activating group) is 1. The van der Waals surface area contributed by atoms with Gasteiger partial charge in [0, 0.05) is 44.3 Å². The molecule has 2 atom stereocenters. The molecule has 6 heteroatoms. The largest absolute Gasteiger partial charge is 0.381 e. The summed E-state index contributed by atoms with van der Waals surface area (Å²) in [6.45, 7) is 9.17. The van der Waals surface area contributed by atoms with E-state index in [0.717, 1.165) is 38.9 Å². The molecule has 0 spiro atoms. The average molecular weight is 337 g/mol. The Morgan fingerprint density at radius 1 is 1.38 bits per heavy atom. The van der Waals surface area contributed by atoms with Gasteiger partial charge >= 0.3 is 0 Å². The van der Waals surface area contributed by atoms with Gasteiger partial charge in [-0.1, -0.05) is 6.92 Å². The van der Waals surface area contributed by atoms with Gasteiger partial charge in [-0.3, -0.25) is 14.5 Å². The number of amides is 2. The highest BCUT2D eigenvalue weighted by Crippen LogP contribution is 2.25. The van der Waals surface area contributed by atoms with Gasteiger partial charge in [-0.15, -0.1) is 0 Å². The van der Waals surface area contributed by atoms with Gasteiger partial charge in [0.25, 0.3) is 0 Å². The molecule has 3 rings (SSSR count). The van der Waals surface area contributed by atoms with Gasteiger partial charge in [0.1, 0.15) is 0 Å². The molecule has 0 aromatic rings. The zero-order valence-electron chi connectivity index (χ0n) is 15.1. The molecular formula is C18H31N3O3. The van der Waals surface area contributed by atoms with Crippen LogP contribution >= 0.6 is 0 Å². The van der Waals surface area contributed by atoms with Crippen molar-refractivity contribution in [2.24, 2.45) is 5.92 Å². The van der Waals surface area contributed by atoms with Gasteiger partial charge in [0.15, 0.2) is 0 Å². The lowest BCUT2D eigenvalue weighted by Gasteiger charge is -2.35. The van der Waals surface area contributed by atoms with Gasteiger partial charge in [-0.05, 0) is 45.7 Å². The topological polar surface area (TPSA) is 61.9 Å². The molecule has 0 unspecified atom stereocenters. The third kappa shape index (κ3) is 3.91. The second kappa shape index (κ2) is 7.40. The van der Waals surface area contributed by atoms with Crippen LogP contribution in [0.5, 0.6) is 0 Å². The molecule has 3 aliphatic rings. The number of rotatable bonds is 5. The fourth-order valence-corrected chi connectivity index (χ4v) is 4.24. The van der Waals surface area contributed by atoms with Crippen molar-refractivity contribution < 1.29 is 14.3 Å². The molecule has 136 valence electrons. The summed E-state index contributed by atoms with van der Waals surface area (Å²) in [5.41, 5.74) is -0.184. The summed E-state index contributed by atoms with van der Waals surface area (Å²) in [5, 5.41) is 3.18. The molecule has 0 aromatic heterocycles. The molecule has 0 aromatic carbocycles. The first-order valence-electron chi connectivity index (χ1n) is 9.42. The molecule has 3 heterocycles. The molecule has 6 nitrogen and oxygen atoms in total. The minimum Gasteiger partial charge on any atom is -0.381 e. The van der Waals surface area contributed by atoms with Crippen LogP contribution < -0.4 is 5.32 Å². The van der Waals surface area contributed by atoms with E-state index in [1.54, 1.807) is 0 Å². The van der Waals surface area contributed by atoms with Crippen molar-refractivity contribution in [3.63, 3.8) is 0 Å². The van der Waals surface area contributed by atoms with Crippen molar-refractivity contribution in [2.45, 2.75) is 57.5 Å². The van der Waals surface area contributed by atoms with Crippen LogP contribution in [0.2, 0.25) is 0 Å². The maximum atomic E-state index is 12.6. The molecule has 3 saturated heterocycles. The molecule has 0 bridgehead atoms. The molecule has 2 amide bonds. The summed E-state index contributed by atoms with van der Waals surface area (Å²) in [6.07, 6.45) is 4.42. The van der Waals surface area contributed by atoms with E-state index in [1.807, 2.05) is 4.90 Å². The van der Waals surface area contributed by atoms with E-state index in [2.05, 4.69) is 24.1 Å². The number of nitrogens with zero attached hydrogens (tertiary/aromatic N) is 2. The van der Waals surface area contributed by atoms with Crippen LogP contribution in [-0.4, -0.2) is 72.6 Å². The minimum absolute atomic E-state index is 0.0361. The standard InChI is InChI=1S/C18H31N3O3/c1-3-20-8-4-5-15(20)13-21-12-14(11-16(21)22)17(23)19-18(2)6-9-24-10-7-18/h14-15H,3-13H2,1-2H3,(H,19,23)/t14-,15+/m1/s1. The highest BCUT2D eigenvalue weighted by molar-refractivity contribution is 5.89. The normalized spacial score (nSPS) is 30.8. The summed E-state index contributed by atoms with van der Waals surface area (Å²) in [5.74, 6) is -0.0297. The zero-order valence-corrected chi connectivity index (χ0v) is 15.1. The Hall–Kier alpha value is -1.14. The lowest BCUT2D eigenvalue weighted by molar-refractivity contribution is -0.130. The Balaban J connectivity index is 1.53. The lowest BCUT2D eigenvalue weighted by atomic mass is 9.91. The first kappa shape index (κ1) is 17.7. The van der Waals surface area contributed by atoms with E-state index in [-0.39, 0.29) is 23.3 Å². The van der Waals surface area contributed by atoms with Crippen molar-refractivity contribution in [3.8, 4) is 0 Å². The van der Waals surface area contributed by atoms with Crippen LogP contribution in [0.3, 0.4) is 0 Å². The Morgan fingerprint density at radius 2 is 2.12 bits per heavy atom. The van der Waals surface area contributed by atoms with Crippen LogP contribution in [0.15, 0.2) is 0 Å². The van der Waals surface area contributed by atoms with Crippen molar-refractivity contribution in [2.75, 3.05) is 39.4 Å². The van der Waals surface area contributed by atoms with E-state index in [9.17, 15) is 9.59 Å². The Kier molecular flexibility index (Phi) is 5.45. The number of nitrogens with one attached hydrogen (secondary N) is 1. The Bertz CT molecular complexity index is 476. The predicted molar refractivity (Wildman–Crippen MR) is 91.6 cm³/mol. The third-order valence-corrected chi connectivity index (χ3v) is 5.94. The van der Waals surface area contributed by atoms with Crippen LogP contribution in [0.25, 0.3) is 0 Å². The van der Waals surface area contributed by atoms with Crippen molar-refractivity contribution in [1.82, 2.24) is 15.1 Å². The van der Waals surface area contributed by atoms with Gasteiger partial charge in [-0.25, -0.2) is 0 Å². The quantitative estimate of drug-likeness (QED) is 0.813. The third-order valence-electron chi connectivity index (χ3n) is 5.94. The Labute approximate surface area is 144 Å². The number of likely N-dealkylation sites (tertiary alicyclic amines) is 2. The first-order valence-corrected chi connectivity index (χ1v) is 9.42. The van der Waals surface area contributed by atoms with E-state index in [4.69, 9.17) is 4.74 Å². The fourth-order valence-electron chi connectivity index (χ4n) is 4.24. The molecule has 0 radical (unpaired) electrons. The summed E-state index contributed by atoms with van der Waals surface area (Å²) in [4.78, 5) is 29.3. The molecule has 24 heavy (non-hydrogen) atoms. The SMILES string of the molecule is CCN1CCC[C@H]1CN1C[C@H](C(=O)NC2(C)CCOCC2)CC1=O. The highest BCUT2D eigenvalue weighted by atomic mass is 16.5. The summed E-state index contributed by atoms with van der Waals surface area (Å²) < 4.78 is 5.38. The predicted octanol–water partition coefficient (Wildman–Crippen LogP) is 1.00. The summed E-state index contributed by atoms with van der Waals surface area (Å²) in [6, 6.07) is 0.466. The molecule has 3 aliphatic heterocycles. The number of carbonyl (C=O) groups excluding carboxylic acids is 2. The average Bonchev–Trinajstić information content (AvgIpc) is 3.15. The van der Waals surface area contributed by atoms with E-state index in [1.165, 1.54) is 6.42 Å². The van der Waals surface area contributed by atoms with Gasteiger partial charge < -0.3 is 15.0 Å². The zero-order chi connectivity index (χ0) is 17.2. The van der Waals surface area contributed by atoms with Crippen LogP contribution in [-0.2, 0) is 14.3 Å². The number of hydrogen-bond donors (Lipinski definition) is 1. The number of ether oxygens (including phenoxy) is 1. The second-order valence-electron chi connectivity index (χ2n) is 7.79. The van der Waals surface area contributed by atoms with E-state index in [0.29, 0.717) is 32.2 Å². The number of carbonyl (C=O) groups is 2. The summed E-state index contributed by atoms with van der Waals surface area (Å²) >= 11 is 0. The maximum Gasteiger partial charge on any atom is 0.225 e. The van der Waals surface area contributed by atoms with E-state index < -0.39 is 0 Å². The van der Waals surface area contributed by atoms with Crippen LogP contribution in [0, 0.1) is 5.92 Å². The van der Waals surface area contributed by atoms with Crippen LogP contribution in [0.1, 0.15) is 46.0 Å².